The maximum atomic E-state index is 12.2. The minimum absolute atomic E-state index is 0.272. The van der Waals surface area contributed by atoms with Crippen molar-refractivity contribution in [3.8, 4) is 0 Å². The van der Waals surface area contributed by atoms with Crippen molar-refractivity contribution >= 4 is 0 Å². The Hall–Kier alpha value is -0.220. The van der Waals surface area contributed by atoms with E-state index in [1.165, 1.54) is 0 Å². The molecule has 4 heteroatoms. The van der Waals surface area contributed by atoms with Crippen LogP contribution in [0.25, 0.3) is 0 Å². The van der Waals surface area contributed by atoms with E-state index in [1.54, 1.807) is 0 Å². The molecule has 0 aromatic rings. The first kappa shape index (κ1) is 6.89. The van der Waals surface area contributed by atoms with Gasteiger partial charge in [-0.1, -0.05) is 0 Å². The lowest BCUT2D eigenvalue weighted by Crippen LogP contribution is -2.30. The average molecular weight is 138 g/mol. The second-order valence-corrected chi connectivity index (χ2v) is 2.03. The van der Waals surface area contributed by atoms with Crippen molar-refractivity contribution < 1.29 is 18.3 Å². The Balaban J connectivity index is 2.42. The standard InChI is InChI=1S/C5H8F2O2/c1-5(6,7)4-8-2-3-9-4/h4H,2-3H2,1H3. The Morgan fingerprint density at radius 2 is 1.78 bits per heavy atom. The number of halogens is 2. The zero-order valence-electron chi connectivity index (χ0n) is 5.06. The first-order valence-electron chi connectivity index (χ1n) is 2.72. The van der Waals surface area contributed by atoms with Gasteiger partial charge in [0.1, 0.15) is 0 Å². The Labute approximate surface area is 51.8 Å². The van der Waals surface area contributed by atoms with E-state index in [0.717, 1.165) is 6.92 Å². The molecule has 0 atom stereocenters. The molecule has 0 aliphatic carbocycles. The fourth-order valence-corrected chi connectivity index (χ4v) is 0.651. The molecule has 1 rings (SSSR count). The monoisotopic (exact) mass is 138 g/mol. The number of hydrogen-bond donors (Lipinski definition) is 0. The third-order valence-electron chi connectivity index (χ3n) is 1.04. The lowest BCUT2D eigenvalue weighted by Gasteiger charge is -2.15. The second-order valence-electron chi connectivity index (χ2n) is 2.03. The van der Waals surface area contributed by atoms with E-state index >= 15 is 0 Å². The van der Waals surface area contributed by atoms with Crippen LogP contribution in [0.1, 0.15) is 6.92 Å². The van der Waals surface area contributed by atoms with Gasteiger partial charge in [-0.15, -0.1) is 0 Å². The topological polar surface area (TPSA) is 18.5 Å². The van der Waals surface area contributed by atoms with Crippen molar-refractivity contribution in [2.75, 3.05) is 13.2 Å². The Morgan fingerprint density at radius 1 is 1.33 bits per heavy atom. The van der Waals surface area contributed by atoms with Gasteiger partial charge < -0.3 is 9.47 Å². The highest BCUT2D eigenvalue weighted by atomic mass is 19.3. The predicted octanol–water partition coefficient (Wildman–Crippen LogP) is 1.01. The molecule has 0 aromatic heterocycles. The van der Waals surface area contributed by atoms with Gasteiger partial charge in [0.15, 0.2) is 0 Å². The highest BCUT2D eigenvalue weighted by molar-refractivity contribution is 4.66. The van der Waals surface area contributed by atoms with Gasteiger partial charge in [0.05, 0.1) is 13.2 Å². The summed E-state index contributed by atoms with van der Waals surface area (Å²) in [4.78, 5) is 0. The van der Waals surface area contributed by atoms with Crippen molar-refractivity contribution in [2.45, 2.75) is 19.1 Å². The highest BCUT2D eigenvalue weighted by Crippen LogP contribution is 2.23. The maximum absolute atomic E-state index is 12.2. The summed E-state index contributed by atoms with van der Waals surface area (Å²) in [5.41, 5.74) is 0. The summed E-state index contributed by atoms with van der Waals surface area (Å²) in [6.07, 6.45) is -1.32. The van der Waals surface area contributed by atoms with E-state index in [9.17, 15) is 8.78 Å². The molecule has 1 saturated heterocycles. The van der Waals surface area contributed by atoms with E-state index in [-0.39, 0.29) is 13.2 Å². The van der Waals surface area contributed by atoms with Crippen LogP contribution in [0.2, 0.25) is 0 Å². The molecule has 2 nitrogen and oxygen atoms in total. The minimum Gasteiger partial charge on any atom is -0.345 e. The van der Waals surface area contributed by atoms with Crippen LogP contribution in [0.3, 0.4) is 0 Å². The van der Waals surface area contributed by atoms with Crippen LogP contribution in [0.4, 0.5) is 8.78 Å². The van der Waals surface area contributed by atoms with Crippen LogP contribution in [-0.4, -0.2) is 25.4 Å². The molecule has 0 amide bonds. The lowest BCUT2D eigenvalue weighted by atomic mass is 10.4. The molecule has 1 heterocycles. The largest absolute Gasteiger partial charge is 0.345 e. The van der Waals surface area contributed by atoms with Gasteiger partial charge in [0.25, 0.3) is 5.92 Å². The van der Waals surface area contributed by atoms with E-state index in [0.29, 0.717) is 0 Å². The normalized spacial score (nSPS) is 23.0. The molecule has 9 heavy (non-hydrogen) atoms. The molecular formula is C5H8F2O2. The van der Waals surface area contributed by atoms with E-state index in [4.69, 9.17) is 0 Å². The SMILES string of the molecule is CC(F)(F)C1OCCO1. The molecule has 1 aliphatic heterocycles. The summed E-state index contributed by atoms with van der Waals surface area (Å²) >= 11 is 0. The second kappa shape index (κ2) is 2.19. The van der Waals surface area contributed by atoms with Crippen molar-refractivity contribution in [1.82, 2.24) is 0 Å². The van der Waals surface area contributed by atoms with E-state index in [2.05, 4.69) is 9.47 Å². The molecule has 1 fully saturated rings. The summed E-state index contributed by atoms with van der Waals surface area (Å²) in [7, 11) is 0. The molecule has 0 unspecified atom stereocenters. The number of hydrogen-bond acceptors (Lipinski definition) is 2. The summed E-state index contributed by atoms with van der Waals surface area (Å²) in [5, 5.41) is 0. The fourth-order valence-electron chi connectivity index (χ4n) is 0.651. The van der Waals surface area contributed by atoms with Gasteiger partial charge in [-0.05, 0) is 0 Å². The molecule has 0 spiro atoms. The lowest BCUT2D eigenvalue weighted by molar-refractivity contribution is -0.194. The Kier molecular flexibility index (Phi) is 1.68. The quantitative estimate of drug-likeness (QED) is 0.538. The van der Waals surface area contributed by atoms with Crippen LogP contribution < -0.4 is 0 Å². The van der Waals surface area contributed by atoms with Gasteiger partial charge in [-0.25, -0.2) is 8.78 Å². The first-order valence-corrected chi connectivity index (χ1v) is 2.72. The van der Waals surface area contributed by atoms with Crippen molar-refractivity contribution in [3.05, 3.63) is 0 Å². The number of ether oxygens (including phenoxy) is 2. The molecule has 0 saturated carbocycles. The summed E-state index contributed by atoms with van der Waals surface area (Å²) < 4.78 is 33.4. The zero-order chi connectivity index (χ0) is 6.91. The van der Waals surface area contributed by atoms with Crippen molar-refractivity contribution in [1.29, 1.82) is 0 Å². The Bertz CT molecular complexity index is 93.6. The van der Waals surface area contributed by atoms with Crippen molar-refractivity contribution in [3.63, 3.8) is 0 Å². The van der Waals surface area contributed by atoms with Gasteiger partial charge >= 0.3 is 0 Å². The zero-order valence-corrected chi connectivity index (χ0v) is 5.06. The smallest absolute Gasteiger partial charge is 0.295 e. The highest BCUT2D eigenvalue weighted by Gasteiger charge is 2.38. The molecule has 0 N–H and O–H groups in total. The number of rotatable bonds is 1. The van der Waals surface area contributed by atoms with Crippen molar-refractivity contribution in [2.24, 2.45) is 0 Å². The van der Waals surface area contributed by atoms with Crippen LogP contribution in [-0.2, 0) is 9.47 Å². The van der Waals surface area contributed by atoms with E-state index in [1.807, 2.05) is 0 Å². The third-order valence-corrected chi connectivity index (χ3v) is 1.04. The van der Waals surface area contributed by atoms with Gasteiger partial charge in [0.2, 0.25) is 6.29 Å². The van der Waals surface area contributed by atoms with Crippen LogP contribution in [0.5, 0.6) is 0 Å². The molecule has 0 aromatic carbocycles. The Morgan fingerprint density at radius 3 is 2.00 bits per heavy atom. The predicted molar refractivity (Wildman–Crippen MR) is 26.3 cm³/mol. The van der Waals surface area contributed by atoms with Gasteiger partial charge in [-0.2, -0.15) is 0 Å². The van der Waals surface area contributed by atoms with Gasteiger partial charge in [0, 0.05) is 6.92 Å². The molecule has 1 aliphatic rings. The van der Waals surface area contributed by atoms with Gasteiger partial charge in [-0.3, -0.25) is 0 Å². The molecule has 0 bridgehead atoms. The third kappa shape index (κ3) is 1.59. The summed E-state index contributed by atoms with van der Waals surface area (Å²) in [6, 6.07) is 0. The maximum Gasteiger partial charge on any atom is 0.295 e. The van der Waals surface area contributed by atoms with E-state index < -0.39 is 12.2 Å². The molecular weight excluding hydrogens is 130 g/mol. The average Bonchev–Trinajstić information content (AvgIpc) is 2.08. The first-order chi connectivity index (χ1) is 4.11. The van der Waals surface area contributed by atoms with Crippen LogP contribution in [0.15, 0.2) is 0 Å². The summed E-state index contributed by atoms with van der Waals surface area (Å²) in [6.45, 7) is 1.32. The molecule has 54 valence electrons. The summed E-state index contributed by atoms with van der Waals surface area (Å²) in [5.74, 6) is -2.86. The fraction of sp³-hybridized carbons (Fsp3) is 1.00. The van der Waals surface area contributed by atoms with Crippen LogP contribution in [0, 0.1) is 0 Å². The molecule has 0 radical (unpaired) electrons. The minimum atomic E-state index is -2.86. The number of alkyl halides is 2. The van der Waals surface area contributed by atoms with Crippen LogP contribution >= 0.6 is 0 Å².